The van der Waals surface area contributed by atoms with Crippen LogP contribution in [0.4, 0.5) is 5.69 Å². The zero-order valence-electron chi connectivity index (χ0n) is 11.6. The van der Waals surface area contributed by atoms with E-state index in [0.717, 1.165) is 30.0 Å². The molecule has 0 unspecified atom stereocenters. The summed E-state index contributed by atoms with van der Waals surface area (Å²) in [4.78, 5) is 17.7. The number of aromatic nitrogens is 2. The van der Waals surface area contributed by atoms with Crippen molar-refractivity contribution in [2.75, 3.05) is 6.54 Å². The highest BCUT2D eigenvalue weighted by atomic mass is 16.6. The number of nitrogens with one attached hydrogen (secondary N) is 2. The summed E-state index contributed by atoms with van der Waals surface area (Å²) in [6.45, 7) is 5.07. The van der Waals surface area contributed by atoms with Gasteiger partial charge in [-0.25, -0.2) is 4.98 Å². The number of nitro groups is 1. The predicted molar refractivity (Wildman–Crippen MR) is 77.5 cm³/mol. The van der Waals surface area contributed by atoms with E-state index in [0.29, 0.717) is 6.04 Å². The molecule has 2 N–H and O–H groups in total. The molecule has 0 radical (unpaired) electrons. The van der Waals surface area contributed by atoms with Crippen LogP contribution in [0.1, 0.15) is 19.7 Å². The van der Waals surface area contributed by atoms with Crippen LogP contribution in [0.3, 0.4) is 0 Å². The van der Waals surface area contributed by atoms with E-state index in [1.807, 2.05) is 0 Å². The molecule has 0 saturated carbocycles. The van der Waals surface area contributed by atoms with Crippen molar-refractivity contribution < 1.29 is 4.92 Å². The predicted octanol–water partition coefficient (Wildman–Crippen LogP) is 2.53. The highest BCUT2D eigenvalue weighted by Crippen LogP contribution is 2.20. The van der Waals surface area contributed by atoms with Gasteiger partial charge in [0.25, 0.3) is 5.69 Å². The molecular weight excluding hydrogens is 256 g/mol. The smallest absolute Gasteiger partial charge is 0.269 e. The van der Waals surface area contributed by atoms with E-state index in [1.54, 1.807) is 18.3 Å². The Morgan fingerprint density at radius 3 is 2.65 bits per heavy atom. The highest BCUT2D eigenvalue weighted by Gasteiger charge is 2.07. The Morgan fingerprint density at radius 2 is 2.05 bits per heavy atom. The Labute approximate surface area is 117 Å². The average Bonchev–Trinajstić information content (AvgIpc) is 2.87. The number of hydrogen-bond donors (Lipinski definition) is 2. The topological polar surface area (TPSA) is 83.8 Å². The summed E-state index contributed by atoms with van der Waals surface area (Å²) in [6.07, 6.45) is 2.58. The fourth-order valence-electron chi connectivity index (χ4n) is 1.88. The number of hydrogen-bond acceptors (Lipinski definition) is 4. The van der Waals surface area contributed by atoms with Crippen molar-refractivity contribution in [2.24, 2.45) is 0 Å². The van der Waals surface area contributed by atoms with E-state index in [9.17, 15) is 10.1 Å². The van der Waals surface area contributed by atoms with Crippen LogP contribution in [0.15, 0.2) is 30.5 Å². The number of nitrogens with zero attached hydrogens (tertiary/aromatic N) is 2. The number of nitro benzene ring substituents is 1. The van der Waals surface area contributed by atoms with Crippen molar-refractivity contribution in [3.63, 3.8) is 0 Å². The SMILES string of the molecule is CC(C)NCCc1ncc(-c2ccc([N+](=O)[O-])cc2)[nH]1. The van der Waals surface area contributed by atoms with Crippen LogP contribution in [-0.2, 0) is 6.42 Å². The summed E-state index contributed by atoms with van der Waals surface area (Å²) in [7, 11) is 0. The number of non-ortho nitro benzene ring substituents is 1. The van der Waals surface area contributed by atoms with Gasteiger partial charge in [-0.3, -0.25) is 10.1 Å². The molecular formula is C14H18N4O2. The molecule has 0 fully saturated rings. The zero-order valence-corrected chi connectivity index (χ0v) is 11.6. The van der Waals surface area contributed by atoms with Crippen molar-refractivity contribution in [2.45, 2.75) is 26.3 Å². The molecule has 0 spiro atoms. The number of imidazole rings is 1. The Hall–Kier alpha value is -2.21. The van der Waals surface area contributed by atoms with E-state index in [-0.39, 0.29) is 5.69 Å². The first-order valence-electron chi connectivity index (χ1n) is 6.58. The maximum absolute atomic E-state index is 10.6. The van der Waals surface area contributed by atoms with Gasteiger partial charge in [0.1, 0.15) is 5.82 Å². The van der Waals surface area contributed by atoms with Crippen molar-refractivity contribution >= 4 is 5.69 Å². The maximum atomic E-state index is 10.6. The van der Waals surface area contributed by atoms with Gasteiger partial charge in [-0.15, -0.1) is 0 Å². The van der Waals surface area contributed by atoms with Gasteiger partial charge < -0.3 is 10.3 Å². The Bertz CT molecular complexity index is 575. The van der Waals surface area contributed by atoms with Crippen LogP contribution in [0.5, 0.6) is 0 Å². The highest BCUT2D eigenvalue weighted by molar-refractivity contribution is 5.60. The quantitative estimate of drug-likeness (QED) is 0.626. The van der Waals surface area contributed by atoms with E-state index < -0.39 is 4.92 Å². The minimum absolute atomic E-state index is 0.0922. The van der Waals surface area contributed by atoms with Crippen LogP contribution in [0.25, 0.3) is 11.3 Å². The maximum Gasteiger partial charge on any atom is 0.269 e. The van der Waals surface area contributed by atoms with E-state index in [2.05, 4.69) is 29.1 Å². The molecule has 106 valence electrons. The molecule has 1 aromatic carbocycles. The van der Waals surface area contributed by atoms with Gasteiger partial charge in [0, 0.05) is 36.7 Å². The molecule has 6 nitrogen and oxygen atoms in total. The average molecular weight is 274 g/mol. The molecule has 20 heavy (non-hydrogen) atoms. The summed E-state index contributed by atoms with van der Waals surface area (Å²) in [6, 6.07) is 6.90. The van der Waals surface area contributed by atoms with Gasteiger partial charge in [-0.05, 0) is 12.1 Å². The lowest BCUT2D eigenvalue weighted by molar-refractivity contribution is -0.384. The third kappa shape index (κ3) is 3.64. The lowest BCUT2D eigenvalue weighted by atomic mass is 10.1. The van der Waals surface area contributed by atoms with Gasteiger partial charge in [-0.2, -0.15) is 0 Å². The molecule has 0 saturated heterocycles. The lowest BCUT2D eigenvalue weighted by Crippen LogP contribution is -2.25. The largest absolute Gasteiger partial charge is 0.342 e. The summed E-state index contributed by atoms with van der Waals surface area (Å²) in [5.74, 6) is 0.909. The van der Waals surface area contributed by atoms with E-state index in [4.69, 9.17) is 0 Å². The molecule has 6 heteroatoms. The van der Waals surface area contributed by atoms with Crippen LogP contribution >= 0.6 is 0 Å². The second kappa shape index (κ2) is 6.29. The first-order valence-corrected chi connectivity index (χ1v) is 6.58. The molecule has 1 aromatic heterocycles. The minimum atomic E-state index is -0.403. The van der Waals surface area contributed by atoms with E-state index >= 15 is 0 Å². The summed E-state index contributed by atoms with van der Waals surface area (Å²) >= 11 is 0. The molecule has 0 aliphatic heterocycles. The van der Waals surface area contributed by atoms with Crippen LogP contribution in [0, 0.1) is 10.1 Å². The van der Waals surface area contributed by atoms with Gasteiger partial charge >= 0.3 is 0 Å². The molecule has 0 bridgehead atoms. The fraction of sp³-hybridized carbons (Fsp3) is 0.357. The second-order valence-electron chi connectivity index (χ2n) is 4.91. The van der Waals surface area contributed by atoms with Gasteiger partial charge in [0.2, 0.25) is 0 Å². The first-order chi connectivity index (χ1) is 9.56. The zero-order chi connectivity index (χ0) is 14.5. The van der Waals surface area contributed by atoms with Gasteiger partial charge in [0.05, 0.1) is 16.8 Å². The first kappa shape index (κ1) is 14.2. The Balaban J connectivity index is 2.02. The number of aromatic amines is 1. The second-order valence-corrected chi connectivity index (χ2v) is 4.91. The number of benzene rings is 1. The normalized spacial score (nSPS) is 10.9. The van der Waals surface area contributed by atoms with Crippen molar-refractivity contribution in [3.05, 3.63) is 46.4 Å². The minimum Gasteiger partial charge on any atom is -0.342 e. The summed E-state index contributed by atoms with van der Waals surface area (Å²) in [5, 5.41) is 13.9. The molecule has 0 aliphatic rings. The molecule has 0 amide bonds. The van der Waals surface area contributed by atoms with Crippen LogP contribution < -0.4 is 5.32 Å². The monoisotopic (exact) mass is 274 g/mol. The van der Waals surface area contributed by atoms with Crippen molar-refractivity contribution in [1.82, 2.24) is 15.3 Å². The lowest BCUT2D eigenvalue weighted by Gasteiger charge is -2.05. The molecule has 2 rings (SSSR count). The molecule has 2 aromatic rings. The molecule has 1 heterocycles. The van der Waals surface area contributed by atoms with Crippen LogP contribution in [-0.4, -0.2) is 27.5 Å². The summed E-state index contributed by atoms with van der Waals surface area (Å²) in [5.41, 5.74) is 1.86. The Kier molecular flexibility index (Phi) is 4.47. The van der Waals surface area contributed by atoms with Gasteiger partial charge in [0.15, 0.2) is 0 Å². The third-order valence-electron chi connectivity index (χ3n) is 2.93. The standard InChI is InChI=1S/C14H18N4O2/c1-10(2)15-8-7-14-16-9-13(17-14)11-3-5-12(6-4-11)18(19)20/h3-6,9-10,15H,7-8H2,1-2H3,(H,16,17). The Morgan fingerprint density at radius 1 is 1.35 bits per heavy atom. The fourth-order valence-corrected chi connectivity index (χ4v) is 1.88. The molecule has 0 aliphatic carbocycles. The van der Waals surface area contributed by atoms with Crippen LogP contribution in [0.2, 0.25) is 0 Å². The summed E-state index contributed by atoms with van der Waals surface area (Å²) < 4.78 is 0. The third-order valence-corrected chi connectivity index (χ3v) is 2.93. The molecule has 0 atom stereocenters. The van der Waals surface area contributed by atoms with E-state index in [1.165, 1.54) is 12.1 Å². The van der Waals surface area contributed by atoms with Crippen molar-refractivity contribution in [1.29, 1.82) is 0 Å². The number of rotatable bonds is 6. The van der Waals surface area contributed by atoms with Gasteiger partial charge in [-0.1, -0.05) is 13.8 Å². The number of H-pyrrole nitrogens is 1. The van der Waals surface area contributed by atoms with Crippen molar-refractivity contribution in [3.8, 4) is 11.3 Å².